The number of hydrogen-bond donors (Lipinski definition) is 1. The van der Waals surface area contributed by atoms with Crippen LogP contribution in [0.5, 0.6) is 5.75 Å². The first kappa shape index (κ1) is 11.1. The van der Waals surface area contributed by atoms with Crippen LogP contribution in [0.25, 0.3) is 0 Å². The van der Waals surface area contributed by atoms with E-state index in [0.29, 0.717) is 0 Å². The van der Waals surface area contributed by atoms with Crippen molar-refractivity contribution in [2.24, 2.45) is 11.8 Å². The lowest BCUT2D eigenvalue weighted by atomic mass is 9.97. The van der Waals surface area contributed by atoms with Crippen LogP contribution in [0.3, 0.4) is 0 Å². The van der Waals surface area contributed by atoms with Crippen LogP contribution in [0.2, 0.25) is 0 Å². The Morgan fingerprint density at radius 1 is 1.12 bits per heavy atom. The van der Waals surface area contributed by atoms with E-state index in [0.717, 1.165) is 18.4 Å². The molecule has 17 heavy (non-hydrogen) atoms. The summed E-state index contributed by atoms with van der Waals surface area (Å²) in [6.07, 6.45) is 8.68. The van der Waals surface area contributed by atoms with E-state index in [1.165, 1.54) is 51.5 Å². The molecular weight excluding hydrogens is 214 g/mol. The Hall–Kier alpha value is -1.03. The predicted molar refractivity (Wildman–Crippen MR) is 65.8 cm³/mol. The molecule has 0 amide bonds. The van der Waals surface area contributed by atoms with E-state index in [1.54, 1.807) is 6.20 Å². The van der Waals surface area contributed by atoms with Crippen molar-refractivity contribution in [1.29, 1.82) is 0 Å². The molecule has 1 aromatic rings. The van der Waals surface area contributed by atoms with Crippen molar-refractivity contribution in [3.05, 3.63) is 12.4 Å². The van der Waals surface area contributed by atoms with Crippen LogP contribution in [-0.2, 0) is 6.54 Å². The van der Waals surface area contributed by atoms with Crippen molar-refractivity contribution >= 4 is 0 Å². The summed E-state index contributed by atoms with van der Waals surface area (Å²) in [6.45, 7) is 4.77. The van der Waals surface area contributed by atoms with Gasteiger partial charge in [0.2, 0.25) is 0 Å². The van der Waals surface area contributed by atoms with Crippen LogP contribution < -0.4 is 0 Å². The molecule has 2 fully saturated rings. The molecule has 0 bridgehead atoms. The van der Waals surface area contributed by atoms with E-state index in [-0.39, 0.29) is 5.75 Å². The van der Waals surface area contributed by atoms with E-state index >= 15 is 0 Å². The van der Waals surface area contributed by atoms with Crippen LogP contribution in [0.1, 0.15) is 25.7 Å². The van der Waals surface area contributed by atoms with Gasteiger partial charge in [0.15, 0.2) is 5.75 Å². The molecular formula is C13H21N3O. The molecule has 0 atom stereocenters. The van der Waals surface area contributed by atoms with Gasteiger partial charge in [-0.2, -0.15) is 5.10 Å². The van der Waals surface area contributed by atoms with Gasteiger partial charge < -0.3 is 10.0 Å². The molecule has 0 radical (unpaired) electrons. The Labute approximate surface area is 102 Å². The number of likely N-dealkylation sites (tertiary alicyclic amines) is 1. The number of nitrogens with zero attached hydrogens (tertiary/aromatic N) is 3. The highest BCUT2D eigenvalue weighted by Gasteiger charge is 2.27. The molecule has 4 heteroatoms. The number of aromatic nitrogens is 2. The Morgan fingerprint density at radius 3 is 2.41 bits per heavy atom. The zero-order valence-corrected chi connectivity index (χ0v) is 10.3. The van der Waals surface area contributed by atoms with Crippen LogP contribution in [0.15, 0.2) is 12.4 Å². The highest BCUT2D eigenvalue weighted by molar-refractivity contribution is 5.08. The molecule has 1 saturated carbocycles. The highest BCUT2D eigenvalue weighted by Crippen LogP contribution is 2.31. The maximum absolute atomic E-state index is 9.24. The molecule has 1 aliphatic heterocycles. The van der Waals surface area contributed by atoms with Gasteiger partial charge in [-0.25, -0.2) is 0 Å². The van der Waals surface area contributed by atoms with Crippen molar-refractivity contribution in [2.75, 3.05) is 19.6 Å². The summed E-state index contributed by atoms with van der Waals surface area (Å²) < 4.78 is 1.87. The van der Waals surface area contributed by atoms with Gasteiger partial charge >= 0.3 is 0 Å². The molecule has 2 heterocycles. The maximum Gasteiger partial charge on any atom is 0.153 e. The SMILES string of the molecule is Oc1cnn(CC2CCN(CC3CC3)CC2)c1. The summed E-state index contributed by atoms with van der Waals surface area (Å²) in [5, 5.41) is 13.4. The second-order valence-corrected chi connectivity index (χ2v) is 5.61. The molecule has 0 aromatic carbocycles. The number of aromatic hydroxyl groups is 1. The van der Waals surface area contributed by atoms with Crippen LogP contribution >= 0.6 is 0 Å². The second kappa shape index (κ2) is 4.69. The number of piperidine rings is 1. The van der Waals surface area contributed by atoms with Crippen LogP contribution in [0.4, 0.5) is 0 Å². The first-order chi connectivity index (χ1) is 8.29. The Kier molecular flexibility index (Phi) is 3.05. The summed E-state index contributed by atoms with van der Waals surface area (Å²) in [5.74, 6) is 2.01. The Morgan fingerprint density at radius 2 is 1.82 bits per heavy atom. The lowest BCUT2D eigenvalue weighted by Gasteiger charge is -2.31. The molecule has 2 aliphatic rings. The summed E-state index contributed by atoms with van der Waals surface area (Å²) in [6, 6.07) is 0. The quantitative estimate of drug-likeness (QED) is 0.863. The smallest absolute Gasteiger partial charge is 0.153 e. The predicted octanol–water partition coefficient (Wildman–Crippen LogP) is 1.71. The van der Waals surface area contributed by atoms with Gasteiger partial charge in [-0.1, -0.05) is 0 Å². The van der Waals surface area contributed by atoms with E-state index in [1.807, 2.05) is 4.68 Å². The standard InChI is InChI=1S/C13H21N3O/c17-13-7-14-16(10-13)9-12-3-5-15(6-4-12)8-11-1-2-11/h7,10-12,17H,1-6,8-9H2. The van der Waals surface area contributed by atoms with Crippen LogP contribution in [0, 0.1) is 11.8 Å². The van der Waals surface area contributed by atoms with Crippen molar-refractivity contribution in [1.82, 2.24) is 14.7 Å². The van der Waals surface area contributed by atoms with Gasteiger partial charge in [0.1, 0.15) is 0 Å². The molecule has 4 nitrogen and oxygen atoms in total. The molecule has 94 valence electrons. The number of hydrogen-bond acceptors (Lipinski definition) is 3. The topological polar surface area (TPSA) is 41.3 Å². The average Bonchev–Trinajstić information content (AvgIpc) is 3.04. The maximum atomic E-state index is 9.24. The third kappa shape index (κ3) is 3.00. The molecule has 1 aliphatic carbocycles. The molecule has 1 N–H and O–H groups in total. The van der Waals surface area contributed by atoms with Crippen LogP contribution in [-0.4, -0.2) is 39.4 Å². The van der Waals surface area contributed by atoms with E-state index < -0.39 is 0 Å². The molecule has 1 aromatic heterocycles. The van der Waals surface area contributed by atoms with Crippen molar-refractivity contribution in [2.45, 2.75) is 32.2 Å². The minimum atomic E-state index is 0.274. The first-order valence-corrected chi connectivity index (χ1v) is 6.73. The summed E-state index contributed by atoms with van der Waals surface area (Å²) in [5.41, 5.74) is 0. The van der Waals surface area contributed by atoms with Gasteiger partial charge in [0.25, 0.3) is 0 Å². The van der Waals surface area contributed by atoms with E-state index in [2.05, 4.69) is 10.00 Å². The average molecular weight is 235 g/mol. The molecule has 0 unspecified atom stereocenters. The highest BCUT2D eigenvalue weighted by atomic mass is 16.3. The van der Waals surface area contributed by atoms with Gasteiger partial charge in [-0.15, -0.1) is 0 Å². The molecule has 0 spiro atoms. The zero-order chi connectivity index (χ0) is 11.7. The normalized spacial score (nSPS) is 23.1. The Balaban J connectivity index is 1.44. The summed E-state index contributed by atoms with van der Waals surface area (Å²) in [4.78, 5) is 2.62. The van der Waals surface area contributed by atoms with E-state index in [4.69, 9.17) is 0 Å². The first-order valence-electron chi connectivity index (χ1n) is 6.73. The van der Waals surface area contributed by atoms with Gasteiger partial charge in [-0.3, -0.25) is 4.68 Å². The number of rotatable bonds is 4. The zero-order valence-electron chi connectivity index (χ0n) is 10.3. The monoisotopic (exact) mass is 235 g/mol. The second-order valence-electron chi connectivity index (χ2n) is 5.61. The summed E-state index contributed by atoms with van der Waals surface area (Å²) in [7, 11) is 0. The summed E-state index contributed by atoms with van der Waals surface area (Å²) >= 11 is 0. The van der Waals surface area contributed by atoms with Crippen molar-refractivity contribution in [3.8, 4) is 5.75 Å². The fraction of sp³-hybridized carbons (Fsp3) is 0.769. The third-order valence-corrected chi connectivity index (χ3v) is 3.99. The van der Waals surface area contributed by atoms with Crippen molar-refractivity contribution < 1.29 is 5.11 Å². The lowest BCUT2D eigenvalue weighted by molar-refractivity contribution is 0.165. The fourth-order valence-electron chi connectivity index (χ4n) is 2.73. The minimum Gasteiger partial charge on any atom is -0.505 e. The van der Waals surface area contributed by atoms with Crippen molar-refractivity contribution in [3.63, 3.8) is 0 Å². The van der Waals surface area contributed by atoms with Gasteiger partial charge in [0.05, 0.1) is 12.4 Å². The molecule has 1 saturated heterocycles. The largest absolute Gasteiger partial charge is 0.505 e. The Bertz CT molecular complexity index is 364. The molecule has 3 rings (SSSR count). The van der Waals surface area contributed by atoms with Gasteiger partial charge in [0, 0.05) is 13.1 Å². The van der Waals surface area contributed by atoms with Gasteiger partial charge in [-0.05, 0) is 50.6 Å². The lowest BCUT2D eigenvalue weighted by Crippen LogP contribution is -2.36. The van der Waals surface area contributed by atoms with E-state index in [9.17, 15) is 5.11 Å². The fourth-order valence-corrected chi connectivity index (χ4v) is 2.73. The minimum absolute atomic E-state index is 0.274. The third-order valence-electron chi connectivity index (χ3n) is 3.99.